The molecule has 0 radical (unpaired) electrons. The van der Waals surface area contributed by atoms with Crippen LogP contribution in [0, 0.1) is 5.82 Å². The molecule has 2 aromatic rings. The maximum Gasteiger partial charge on any atom is 0.147 e. The number of fused-ring (bicyclic) bond motifs is 1. The lowest BCUT2D eigenvalue weighted by Gasteiger charge is -2.26. The predicted octanol–water partition coefficient (Wildman–Crippen LogP) is 2.20. The molecule has 0 amide bonds. The average molecular weight is 292 g/mol. The van der Waals surface area contributed by atoms with Gasteiger partial charge < -0.3 is 14.0 Å². The number of halogens is 1. The number of benzene rings is 1. The van der Waals surface area contributed by atoms with Crippen LogP contribution in [-0.2, 0) is 18.2 Å². The molecule has 1 aliphatic rings. The van der Waals surface area contributed by atoms with Crippen molar-refractivity contribution < 1.29 is 13.9 Å². The highest BCUT2D eigenvalue weighted by Gasteiger charge is 2.17. The van der Waals surface area contributed by atoms with Crippen molar-refractivity contribution in [3.8, 4) is 5.75 Å². The number of aromatic nitrogens is 1. The molecular weight excluding hydrogens is 271 g/mol. The van der Waals surface area contributed by atoms with E-state index in [1.165, 1.54) is 6.07 Å². The molecule has 114 valence electrons. The van der Waals surface area contributed by atoms with Gasteiger partial charge in [-0.1, -0.05) is 0 Å². The summed E-state index contributed by atoms with van der Waals surface area (Å²) in [5.74, 6) is 0.537. The first-order valence-corrected chi connectivity index (χ1v) is 7.31. The molecule has 0 atom stereocenters. The number of methoxy groups -OCH3 is 1. The lowest BCUT2D eigenvalue weighted by atomic mass is 10.1. The van der Waals surface area contributed by atoms with Gasteiger partial charge in [0.15, 0.2) is 0 Å². The highest BCUT2D eigenvalue weighted by atomic mass is 19.1. The minimum Gasteiger partial charge on any atom is -0.496 e. The van der Waals surface area contributed by atoms with Crippen molar-refractivity contribution in [2.75, 3.05) is 40.0 Å². The standard InChI is InChI=1S/C16H21FN2O2/c1-18-11-12(5-6-19-7-9-21-10-8-19)15-14(20-2)4-3-13(17)16(15)18/h3-4,11H,5-10H2,1-2H3. The molecule has 3 rings (SSSR count). The molecule has 5 heteroatoms. The van der Waals surface area contributed by atoms with Crippen molar-refractivity contribution in [2.45, 2.75) is 6.42 Å². The summed E-state index contributed by atoms with van der Waals surface area (Å²) in [7, 11) is 3.51. The second kappa shape index (κ2) is 6.03. The Hall–Kier alpha value is -1.59. The van der Waals surface area contributed by atoms with Crippen LogP contribution >= 0.6 is 0 Å². The molecule has 21 heavy (non-hydrogen) atoms. The Morgan fingerprint density at radius 1 is 1.29 bits per heavy atom. The molecule has 0 aliphatic carbocycles. The third kappa shape index (κ3) is 2.76. The zero-order valence-electron chi connectivity index (χ0n) is 12.6. The summed E-state index contributed by atoms with van der Waals surface area (Å²) in [6, 6.07) is 3.17. The van der Waals surface area contributed by atoms with Gasteiger partial charge in [-0.3, -0.25) is 4.90 Å². The van der Waals surface area contributed by atoms with Crippen LogP contribution in [0.5, 0.6) is 5.75 Å². The van der Waals surface area contributed by atoms with Crippen LogP contribution < -0.4 is 4.74 Å². The van der Waals surface area contributed by atoms with E-state index in [2.05, 4.69) is 4.90 Å². The summed E-state index contributed by atoms with van der Waals surface area (Å²) in [6.07, 6.45) is 2.90. The average Bonchev–Trinajstić information content (AvgIpc) is 2.85. The summed E-state index contributed by atoms with van der Waals surface area (Å²) < 4.78 is 26.7. The van der Waals surface area contributed by atoms with E-state index >= 15 is 0 Å². The van der Waals surface area contributed by atoms with Crippen molar-refractivity contribution in [1.82, 2.24) is 9.47 Å². The van der Waals surface area contributed by atoms with E-state index in [9.17, 15) is 4.39 Å². The molecule has 4 nitrogen and oxygen atoms in total. The summed E-state index contributed by atoms with van der Waals surface area (Å²) in [4.78, 5) is 2.38. The Kier molecular flexibility index (Phi) is 4.12. The number of nitrogens with zero attached hydrogens (tertiary/aromatic N) is 2. The maximum atomic E-state index is 14.1. The molecule has 2 heterocycles. The first kappa shape index (κ1) is 14.4. The van der Waals surface area contributed by atoms with Crippen LogP contribution in [0.1, 0.15) is 5.56 Å². The lowest BCUT2D eigenvalue weighted by molar-refractivity contribution is 0.0385. The molecule has 0 N–H and O–H groups in total. The van der Waals surface area contributed by atoms with E-state index in [1.54, 1.807) is 13.2 Å². The van der Waals surface area contributed by atoms with Crippen LogP contribution in [-0.4, -0.2) is 49.4 Å². The smallest absolute Gasteiger partial charge is 0.147 e. The number of morpholine rings is 1. The molecule has 1 aliphatic heterocycles. The van der Waals surface area contributed by atoms with Gasteiger partial charge >= 0.3 is 0 Å². The van der Waals surface area contributed by atoms with E-state index in [4.69, 9.17) is 9.47 Å². The van der Waals surface area contributed by atoms with Gasteiger partial charge in [0.1, 0.15) is 11.6 Å². The molecule has 0 unspecified atom stereocenters. The van der Waals surface area contributed by atoms with Gasteiger partial charge in [0.2, 0.25) is 0 Å². The number of rotatable bonds is 4. The minimum absolute atomic E-state index is 0.203. The second-order valence-electron chi connectivity index (χ2n) is 5.44. The minimum atomic E-state index is -0.203. The molecule has 0 spiro atoms. The Morgan fingerprint density at radius 2 is 2.05 bits per heavy atom. The van der Waals surface area contributed by atoms with E-state index in [-0.39, 0.29) is 5.82 Å². The summed E-state index contributed by atoms with van der Waals surface area (Å²) >= 11 is 0. The Balaban J connectivity index is 1.89. The van der Waals surface area contributed by atoms with Crippen molar-refractivity contribution in [3.05, 3.63) is 29.7 Å². The SMILES string of the molecule is COc1ccc(F)c2c1c(CCN1CCOCC1)cn2C. The van der Waals surface area contributed by atoms with Crippen molar-refractivity contribution >= 4 is 10.9 Å². The maximum absolute atomic E-state index is 14.1. The van der Waals surface area contributed by atoms with E-state index < -0.39 is 0 Å². The molecule has 1 aromatic carbocycles. The van der Waals surface area contributed by atoms with Gasteiger partial charge in [-0.05, 0) is 24.1 Å². The van der Waals surface area contributed by atoms with Crippen molar-refractivity contribution in [2.24, 2.45) is 7.05 Å². The summed E-state index contributed by atoms with van der Waals surface area (Å²) in [6.45, 7) is 4.50. The second-order valence-corrected chi connectivity index (χ2v) is 5.44. The monoisotopic (exact) mass is 292 g/mol. The van der Waals surface area contributed by atoms with Gasteiger partial charge in [-0.2, -0.15) is 0 Å². The zero-order valence-corrected chi connectivity index (χ0v) is 12.6. The van der Waals surface area contributed by atoms with E-state index in [0.29, 0.717) is 5.52 Å². The quantitative estimate of drug-likeness (QED) is 0.864. The van der Waals surface area contributed by atoms with Gasteiger partial charge in [0, 0.05) is 38.3 Å². The molecule has 0 bridgehead atoms. The Bertz CT molecular complexity index is 633. The highest BCUT2D eigenvalue weighted by molar-refractivity contribution is 5.90. The van der Waals surface area contributed by atoms with Crippen LogP contribution in [0.25, 0.3) is 10.9 Å². The topological polar surface area (TPSA) is 26.6 Å². The molecular formula is C16H21FN2O2. The van der Waals surface area contributed by atoms with Gasteiger partial charge in [0.05, 0.1) is 25.8 Å². The lowest BCUT2D eigenvalue weighted by Crippen LogP contribution is -2.37. The normalized spacial score (nSPS) is 16.5. The molecule has 1 saturated heterocycles. The molecule has 1 fully saturated rings. The summed E-state index contributed by atoms with van der Waals surface area (Å²) in [5.41, 5.74) is 1.75. The number of hydrogen-bond acceptors (Lipinski definition) is 3. The van der Waals surface area contributed by atoms with Gasteiger partial charge in [-0.25, -0.2) is 4.39 Å². The Morgan fingerprint density at radius 3 is 2.76 bits per heavy atom. The fourth-order valence-electron chi connectivity index (χ4n) is 3.03. The Labute approximate surface area is 124 Å². The highest BCUT2D eigenvalue weighted by Crippen LogP contribution is 2.32. The summed E-state index contributed by atoms with van der Waals surface area (Å²) in [5, 5.41) is 0.897. The first-order chi connectivity index (χ1) is 10.2. The van der Waals surface area contributed by atoms with Crippen molar-refractivity contribution in [1.29, 1.82) is 0 Å². The third-order valence-electron chi connectivity index (χ3n) is 4.13. The van der Waals surface area contributed by atoms with E-state index in [1.807, 2.05) is 17.8 Å². The first-order valence-electron chi connectivity index (χ1n) is 7.31. The van der Waals surface area contributed by atoms with Crippen LogP contribution in [0.2, 0.25) is 0 Å². The predicted molar refractivity (Wildman–Crippen MR) is 80.4 cm³/mol. The van der Waals surface area contributed by atoms with Crippen LogP contribution in [0.3, 0.4) is 0 Å². The molecule has 0 saturated carbocycles. The number of aryl methyl sites for hydroxylation is 1. The number of hydrogen-bond donors (Lipinski definition) is 0. The third-order valence-corrected chi connectivity index (χ3v) is 4.13. The largest absolute Gasteiger partial charge is 0.496 e. The zero-order chi connectivity index (χ0) is 14.8. The van der Waals surface area contributed by atoms with Crippen LogP contribution in [0.4, 0.5) is 4.39 Å². The fourth-order valence-corrected chi connectivity index (χ4v) is 3.03. The fraction of sp³-hybridized carbons (Fsp3) is 0.500. The number of ether oxygens (including phenoxy) is 2. The van der Waals surface area contributed by atoms with Gasteiger partial charge in [0.25, 0.3) is 0 Å². The van der Waals surface area contributed by atoms with Crippen LogP contribution in [0.15, 0.2) is 18.3 Å². The van der Waals surface area contributed by atoms with Crippen molar-refractivity contribution in [3.63, 3.8) is 0 Å². The van der Waals surface area contributed by atoms with Gasteiger partial charge in [-0.15, -0.1) is 0 Å². The van der Waals surface area contributed by atoms with E-state index in [0.717, 1.165) is 56.0 Å². The molecule has 1 aromatic heterocycles.